The normalized spacial score (nSPS) is 22.8. The van der Waals surface area contributed by atoms with E-state index >= 15 is 0 Å². The molecule has 3 aliphatic rings. The minimum atomic E-state index is -4.82. The Kier molecular flexibility index (Phi) is 6.30. The van der Waals surface area contributed by atoms with Crippen LogP contribution in [0.25, 0.3) is 0 Å². The molecular formula is C22H22ClF4N3O3S. The van der Waals surface area contributed by atoms with Crippen molar-refractivity contribution in [2.24, 2.45) is 0 Å². The van der Waals surface area contributed by atoms with Gasteiger partial charge in [-0.1, -0.05) is 0 Å². The lowest BCUT2D eigenvalue weighted by Gasteiger charge is -2.28. The molecule has 2 aromatic rings. The highest BCUT2D eigenvalue weighted by molar-refractivity contribution is 7.91. The van der Waals surface area contributed by atoms with E-state index in [-0.39, 0.29) is 66.1 Å². The molecule has 1 saturated carbocycles. The number of rotatable bonds is 3. The predicted molar refractivity (Wildman–Crippen MR) is 120 cm³/mol. The standard InChI is InChI=1S/C22H21F4N3O3S.ClH/c23-16-4-3-14(10-15(16)22(24,25)26)28-17-11-27-20(19-13-2-1-12(9-13)18(17)19)21(30)29-5-7-33(31,32)8-6-29;/h3-4,10-13,28H,1-2,5-9H2;1H. The molecule has 0 radical (unpaired) electrons. The van der Waals surface area contributed by atoms with Gasteiger partial charge in [-0.25, -0.2) is 17.8 Å². The van der Waals surface area contributed by atoms with Gasteiger partial charge in [-0.05, 0) is 60.4 Å². The molecule has 1 aliphatic heterocycles. The van der Waals surface area contributed by atoms with Crippen LogP contribution in [0.2, 0.25) is 0 Å². The molecule has 2 fully saturated rings. The SMILES string of the molecule is Cl.O=C(c1ncc(Nc2ccc(F)c(C(F)(F)F)c2)c2c1C1CCC2C1)N1CCS(=O)(=O)CC1. The second-order valence-electron chi connectivity index (χ2n) is 8.82. The van der Waals surface area contributed by atoms with Crippen LogP contribution in [0.4, 0.5) is 28.9 Å². The molecule has 2 bridgehead atoms. The van der Waals surface area contributed by atoms with E-state index in [1.807, 2.05) is 0 Å². The minimum Gasteiger partial charge on any atom is -0.354 e. The van der Waals surface area contributed by atoms with Crippen molar-refractivity contribution in [3.05, 3.63) is 52.6 Å². The smallest absolute Gasteiger partial charge is 0.354 e. The Bertz CT molecular complexity index is 1240. The van der Waals surface area contributed by atoms with Crippen molar-refractivity contribution in [3.63, 3.8) is 0 Å². The first kappa shape index (κ1) is 24.7. The van der Waals surface area contributed by atoms with Crippen LogP contribution in [0.15, 0.2) is 24.4 Å². The summed E-state index contributed by atoms with van der Waals surface area (Å²) in [6, 6.07) is 2.73. The summed E-state index contributed by atoms with van der Waals surface area (Å²) in [4.78, 5) is 19.1. The van der Waals surface area contributed by atoms with Crippen LogP contribution in [0.5, 0.6) is 0 Å². The third-order valence-electron chi connectivity index (χ3n) is 6.79. The molecule has 1 aromatic carbocycles. The molecule has 1 N–H and O–H groups in total. The highest BCUT2D eigenvalue weighted by Gasteiger charge is 2.43. The second-order valence-corrected chi connectivity index (χ2v) is 11.1. The van der Waals surface area contributed by atoms with Gasteiger partial charge in [0.25, 0.3) is 5.91 Å². The third kappa shape index (κ3) is 4.35. The summed E-state index contributed by atoms with van der Waals surface area (Å²) >= 11 is 0. The Morgan fingerprint density at radius 3 is 2.38 bits per heavy atom. The van der Waals surface area contributed by atoms with Gasteiger partial charge < -0.3 is 10.2 Å². The first-order chi connectivity index (χ1) is 15.5. The summed E-state index contributed by atoms with van der Waals surface area (Å²) in [5.74, 6) is -1.55. The van der Waals surface area contributed by atoms with Gasteiger partial charge in [-0.2, -0.15) is 13.2 Å². The van der Waals surface area contributed by atoms with Crippen molar-refractivity contribution in [1.29, 1.82) is 0 Å². The van der Waals surface area contributed by atoms with Gasteiger partial charge >= 0.3 is 6.18 Å². The number of carbonyl (C=O) groups excluding carboxylic acids is 1. The summed E-state index contributed by atoms with van der Waals surface area (Å²) in [5.41, 5.74) is 1.19. The van der Waals surface area contributed by atoms with Gasteiger partial charge in [0.1, 0.15) is 11.5 Å². The number of fused-ring (bicyclic) bond motifs is 5. The highest BCUT2D eigenvalue weighted by atomic mass is 35.5. The Balaban J connectivity index is 0.00000274. The lowest BCUT2D eigenvalue weighted by Crippen LogP contribution is -2.44. The number of alkyl halides is 3. The average molecular weight is 520 g/mol. The molecule has 5 rings (SSSR count). The van der Waals surface area contributed by atoms with E-state index in [2.05, 4.69) is 10.3 Å². The Hall–Kier alpha value is -2.40. The molecule has 12 heteroatoms. The van der Waals surface area contributed by atoms with E-state index in [1.165, 1.54) is 17.2 Å². The molecule has 1 saturated heterocycles. The third-order valence-corrected chi connectivity index (χ3v) is 8.40. The lowest BCUT2D eigenvalue weighted by molar-refractivity contribution is -0.139. The molecule has 0 spiro atoms. The summed E-state index contributed by atoms with van der Waals surface area (Å²) in [7, 11) is -3.14. The Labute approximate surface area is 200 Å². The van der Waals surface area contributed by atoms with Crippen molar-refractivity contribution in [2.75, 3.05) is 29.9 Å². The number of amides is 1. The number of aromatic nitrogens is 1. The fourth-order valence-corrected chi connectivity index (χ4v) is 6.41. The largest absolute Gasteiger partial charge is 0.419 e. The molecule has 1 amide bonds. The molecule has 2 unspecified atom stereocenters. The predicted octanol–water partition coefficient (Wildman–Crippen LogP) is 4.64. The topological polar surface area (TPSA) is 79.4 Å². The second kappa shape index (κ2) is 8.67. The van der Waals surface area contributed by atoms with Crippen molar-refractivity contribution in [3.8, 4) is 0 Å². The van der Waals surface area contributed by atoms with E-state index in [9.17, 15) is 30.8 Å². The number of nitrogens with one attached hydrogen (secondary N) is 1. The summed E-state index contributed by atoms with van der Waals surface area (Å²) in [6.45, 7) is 0.225. The zero-order valence-electron chi connectivity index (χ0n) is 17.9. The molecule has 2 aliphatic carbocycles. The molecular weight excluding hydrogens is 498 g/mol. The molecule has 1 aromatic heterocycles. The van der Waals surface area contributed by atoms with Gasteiger partial charge in [0.15, 0.2) is 9.84 Å². The zero-order valence-corrected chi connectivity index (χ0v) is 19.5. The van der Waals surface area contributed by atoms with Crippen molar-refractivity contribution in [2.45, 2.75) is 37.3 Å². The Morgan fingerprint density at radius 2 is 1.74 bits per heavy atom. The minimum absolute atomic E-state index is 0. The van der Waals surface area contributed by atoms with Crippen LogP contribution in [-0.2, 0) is 16.0 Å². The van der Waals surface area contributed by atoms with E-state index in [0.717, 1.165) is 42.5 Å². The van der Waals surface area contributed by atoms with Gasteiger partial charge in [0.2, 0.25) is 0 Å². The monoisotopic (exact) mass is 519 g/mol. The van der Waals surface area contributed by atoms with E-state index < -0.39 is 27.4 Å². The van der Waals surface area contributed by atoms with Crippen LogP contribution in [0, 0.1) is 5.82 Å². The van der Waals surface area contributed by atoms with Gasteiger partial charge in [0, 0.05) is 18.8 Å². The average Bonchev–Trinajstić information content (AvgIpc) is 3.37. The van der Waals surface area contributed by atoms with E-state index in [1.54, 1.807) is 0 Å². The zero-order chi connectivity index (χ0) is 23.5. The fourth-order valence-electron chi connectivity index (χ4n) is 5.21. The van der Waals surface area contributed by atoms with Crippen LogP contribution in [-0.4, -0.2) is 48.8 Å². The quantitative estimate of drug-likeness (QED) is 0.598. The first-order valence-corrected chi connectivity index (χ1v) is 12.5. The number of pyridine rings is 1. The van der Waals surface area contributed by atoms with Gasteiger partial charge in [-0.15, -0.1) is 12.4 Å². The van der Waals surface area contributed by atoms with Crippen molar-refractivity contribution in [1.82, 2.24) is 9.88 Å². The molecule has 34 heavy (non-hydrogen) atoms. The summed E-state index contributed by atoms with van der Waals surface area (Å²) < 4.78 is 76.5. The maximum absolute atomic E-state index is 13.7. The van der Waals surface area contributed by atoms with Crippen molar-refractivity contribution < 1.29 is 30.8 Å². The van der Waals surface area contributed by atoms with Gasteiger partial charge in [0.05, 0.1) is 29.0 Å². The number of benzene rings is 1. The highest BCUT2D eigenvalue weighted by Crippen LogP contribution is 2.56. The Morgan fingerprint density at radius 1 is 1.09 bits per heavy atom. The number of anilines is 2. The van der Waals surface area contributed by atoms with Crippen LogP contribution in [0.1, 0.15) is 58.3 Å². The molecule has 6 nitrogen and oxygen atoms in total. The number of nitrogens with zero attached hydrogens (tertiary/aromatic N) is 2. The molecule has 184 valence electrons. The first-order valence-electron chi connectivity index (χ1n) is 10.7. The number of sulfone groups is 1. The van der Waals surface area contributed by atoms with E-state index in [0.29, 0.717) is 5.69 Å². The number of halogens is 5. The van der Waals surface area contributed by atoms with Gasteiger partial charge in [-0.3, -0.25) is 4.79 Å². The summed E-state index contributed by atoms with van der Waals surface area (Å²) in [6.07, 6.45) is -0.750. The van der Waals surface area contributed by atoms with Crippen LogP contribution < -0.4 is 5.32 Å². The van der Waals surface area contributed by atoms with Crippen LogP contribution >= 0.6 is 12.4 Å². The molecule has 2 atom stereocenters. The lowest BCUT2D eigenvalue weighted by atomic mass is 9.89. The number of hydrogen-bond donors (Lipinski definition) is 1. The summed E-state index contributed by atoms with van der Waals surface area (Å²) in [5, 5.41) is 2.95. The van der Waals surface area contributed by atoms with E-state index in [4.69, 9.17) is 0 Å². The number of hydrogen-bond acceptors (Lipinski definition) is 5. The maximum atomic E-state index is 13.7. The fraction of sp³-hybridized carbons (Fsp3) is 0.455. The van der Waals surface area contributed by atoms with Crippen LogP contribution in [0.3, 0.4) is 0 Å². The maximum Gasteiger partial charge on any atom is 0.419 e. The van der Waals surface area contributed by atoms with Crippen molar-refractivity contribution >= 4 is 39.5 Å². The molecule has 2 heterocycles. The number of carbonyl (C=O) groups is 1.